The molecule has 0 aliphatic rings. The number of aryl methyl sites for hydroxylation is 2. The number of hydrogen-bond acceptors (Lipinski definition) is 2. The van der Waals surface area contributed by atoms with E-state index in [1.165, 1.54) is 5.56 Å². The summed E-state index contributed by atoms with van der Waals surface area (Å²) in [4.78, 5) is 10.3. The van der Waals surface area contributed by atoms with Crippen molar-refractivity contribution in [2.24, 2.45) is 0 Å². The maximum absolute atomic E-state index is 10.3. The molecule has 0 spiro atoms. The van der Waals surface area contributed by atoms with Crippen LogP contribution in [-0.4, -0.2) is 22.3 Å². The molecule has 3 nitrogen and oxygen atoms in total. The number of hydrogen-bond donors (Lipinski definition) is 2. The summed E-state index contributed by atoms with van der Waals surface area (Å²) in [6.45, 7) is 2.00. The van der Waals surface area contributed by atoms with Crippen LogP contribution in [0.25, 0.3) is 0 Å². The Morgan fingerprint density at radius 2 is 1.93 bits per heavy atom. The van der Waals surface area contributed by atoms with E-state index < -0.39 is 12.1 Å². The first-order valence-electron chi connectivity index (χ1n) is 4.56. The maximum Gasteiger partial charge on any atom is 0.332 e. The van der Waals surface area contributed by atoms with Crippen molar-refractivity contribution in [1.82, 2.24) is 0 Å². The van der Waals surface area contributed by atoms with Gasteiger partial charge < -0.3 is 10.2 Å². The Bertz CT molecular complexity index is 303. The van der Waals surface area contributed by atoms with Gasteiger partial charge in [0.05, 0.1) is 0 Å². The van der Waals surface area contributed by atoms with E-state index in [0.717, 1.165) is 5.56 Å². The zero-order valence-electron chi connectivity index (χ0n) is 8.10. The van der Waals surface area contributed by atoms with E-state index in [4.69, 9.17) is 10.2 Å². The number of aliphatic hydroxyl groups excluding tert-OH is 1. The Morgan fingerprint density at radius 1 is 1.36 bits per heavy atom. The van der Waals surface area contributed by atoms with Crippen molar-refractivity contribution in [3.05, 3.63) is 35.4 Å². The van der Waals surface area contributed by atoms with E-state index in [2.05, 4.69) is 0 Å². The summed E-state index contributed by atoms with van der Waals surface area (Å²) in [6, 6.07) is 7.85. The Hall–Kier alpha value is -1.35. The minimum absolute atomic E-state index is 0.262. The second kappa shape index (κ2) is 4.77. The number of aliphatic carboxylic acids is 1. The number of carbonyl (C=O) groups is 1. The number of rotatable bonds is 4. The molecular weight excluding hydrogens is 180 g/mol. The minimum Gasteiger partial charge on any atom is -0.479 e. The van der Waals surface area contributed by atoms with Gasteiger partial charge in [-0.15, -0.1) is 0 Å². The van der Waals surface area contributed by atoms with E-state index >= 15 is 0 Å². The van der Waals surface area contributed by atoms with E-state index in [9.17, 15) is 4.79 Å². The van der Waals surface area contributed by atoms with Gasteiger partial charge in [-0.05, 0) is 25.3 Å². The average molecular weight is 194 g/mol. The molecule has 1 atom stereocenters. The topological polar surface area (TPSA) is 57.5 Å². The molecule has 1 aromatic carbocycles. The van der Waals surface area contributed by atoms with E-state index in [1.807, 2.05) is 31.2 Å². The standard InChI is InChI=1S/C11H14O3/c1-8-2-4-9(5-3-8)6-7-10(12)11(13)14/h2-5,10,12H,6-7H2,1H3,(H,13,14)/t10-/m0/s1. The van der Waals surface area contributed by atoms with Gasteiger partial charge in [-0.2, -0.15) is 0 Å². The van der Waals surface area contributed by atoms with Gasteiger partial charge in [0, 0.05) is 0 Å². The molecule has 0 bridgehead atoms. The lowest BCUT2D eigenvalue weighted by Gasteiger charge is -2.05. The van der Waals surface area contributed by atoms with Crippen LogP contribution in [0, 0.1) is 6.92 Å². The smallest absolute Gasteiger partial charge is 0.332 e. The van der Waals surface area contributed by atoms with Crippen LogP contribution in [0.4, 0.5) is 0 Å². The molecule has 14 heavy (non-hydrogen) atoms. The summed E-state index contributed by atoms with van der Waals surface area (Å²) in [7, 11) is 0. The fourth-order valence-corrected chi connectivity index (χ4v) is 1.18. The molecule has 0 saturated heterocycles. The minimum atomic E-state index is -1.25. The van der Waals surface area contributed by atoms with Crippen LogP contribution < -0.4 is 0 Å². The second-order valence-electron chi connectivity index (χ2n) is 3.38. The zero-order valence-corrected chi connectivity index (χ0v) is 8.10. The van der Waals surface area contributed by atoms with Gasteiger partial charge in [0.15, 0.2) is 6.10 Å². The van der Waals surface area contributed by atoms with Gasteiger partial charge >= 0.3 is 5.97 Å². The highest BCUT2D eigenvalue weighted by Crippen LogP contribution is 2.07. The first-order valence-corrected chi connectivity index (χ1v) is 4.56. The highest BCUT2D eigenvalue weighted by Gasteiger charge is 2.12. The molecule has 3 heteroatoms. The third-order valence-electron chi connectivity index (χ3n) is 2.11. The SMILES string of the molecule is Cc1ccc(CC[C@H](O)C(=O)O)cc1. The normalized spacial score (nSPS) is 12.4. The first-order chi connectivity index (χ1) is 6.59. The van der Waals surface area contributed by atoms with Crippen LogP contribution in [0.3, 0.4) is 0 Å². The molecule has 0 amide bonds. The number of carboxylic acids is 1. The summed E-state index contributed by atoms with van der Waals surface area (Å²) in [5.41, 5.74) is 2.23. The van der Waals surface area contributed by atoms with Gasteiger partial charge in [0.1, 0.15) is 0 Å². The van der Waals surface area contributed by atoms with Crippen molar-refractivity contribution in [2.75, 3.05) is 0 Å². The molecule has 1 aromatic rings. The quantitative estimate of drug-likeness (QED) is 0.761. The lowest BCUT2D eigenvalue weighted by atomic mass is 10.1. The van der Waals surface area contributed by atoms with Gasteiger partial charge in [-0.3, -0.25) is 0 Å². The molecular formula is C11H14O3. The van der Waals surface area contributed by atoms with Crippen molar-refractivity contribution < 1.29 is 15.0 Å². The molecule has 0 heterocycles. The van der Waals surface area contributed by atoms with Gasteiger partial charge in [0.25, 0.3) is 0 Å². The molecule has 0 aliphatic carbocycles. The molecule has 0 radical (unpaired) electrons. The van der Waals surface area contributed by atoms with E-state index in [1.54, 1.807) is 0 Å². The Balaban J connectivity index is 2.46. The Kier molecular flexibility index (Phi) is 3.65. The third-order valence-corrected chi connectivity index (χ3v) is 2.11. The Morgan fingerprint density at radius 3 is 2.43 bits per heavy atom. The second-order valence-corrected chi connectivity index (χ2v) is 3.38. The first kappa shape index (κ1) is 10.7. The molecule has 2 N–H and O–H groups in total. The molecule has 76 valence electrons. The predicted octanol–water partition coefficient (Wildman–Crippen LogP) is 1.37. The lowest BCUT2D eigenvalue weighted by Crippen LogP contribution is -2.19. The number of benzene rings is 1. The van der Waals surface area contributed by atoms with Crippen LogP contribution in [0.15, 0.2) is 24.3 Å². The van der Waals surface area contributed by atoms with E-state index in [0.29, 0.717) is 6.42 Å². The van der Waals surface area contributed by atoms with Gasteiger partial charge in [-0.25, -0.2) is 4.79 Å². The summed E-state index contributed by atoms with van der Waals surface area (Å²) in [6.07, 6.45) is -0.400. The van der Waals surface area contributed by atoms with Crippen LogP contribution in [0.1, 0.15) is 17.5 Å². The maximum atomic E-state index is 10.3. The molecule has 0 aromatic heterocycles. The lowest BCUT2D eigenvalue weighted by molar-refractivity contribution is -0.146. The summed E-state index contributed by atoms with van der Waals surface area (Å²) in [5.74, 6) is -1.16. The van der Waals surface area contributed by atoms with Crippen molar-refractivity contribution in [2.45, 2.75) is 25.9 Å². The molecule has 1 rings (SSSR count). The van der Waals surface area contributed by atoms with Crippen molar-refractivity contribution in [1.29, 1.82) is 0 Å². The van der Waals surface area contributed by atoms with Gasteiger partial charge in [-0.1, -0.05) is 29.8 Å². The average Bonchev–Trinajstić information content (AvgIpc) is 2.16. The fraction of sp³-hybridized carbons (Fsp3) is 0.364. The largest absolute Gasteiger partial charge is 0.479 e. The van der Waals surface area contributed by atoms with Crippen LogP contribution in [-0.2, 0) is 11.2 Å². The van der Waals surface area contributed by atoms with Crippen molar-refractivity contribution >= 4 is 5.97 Å². The Labute approximate surface area is 83.0 Å². The highest BCUT2D eigenvalue weighted by atomic mass is 16.4. The monoisotopic (exact) mass is 194 g/mol. The van der Waals surface area contributed by atoms with Crippen LogP contribution in [0.5, 0.6) is 0 Å². The van der Waals surface area contributed by atoms with Crippen LogP contribution >= 0.6 is 0 Å². The molecule has 0 unspecified atom stereocenters. The van der Waals surface area contributed by atoms with E-state index in [-0.39, 0.29) is 6.42 Å². The summed E-state index contributed by atoms with van der Waals surface area (Å²) in [5, 5.41) is 17.5. The third kappa shape index (κ3) is 3.18. The molecule has 0 fully saturated rings. The number of carboxylic acid groups (broad SMARTS) is 1. The number of aliphatic hydroxyl groups is 1. The van der Waals surface area contributed by atoms with Crippen molar-refractivity contribution in [3.8, 4) is 0 Å². The van der Waals surface area contributed by atoms with Crippen molar-refractivity contribution in [3.63, 3.8) is 0 Å². The fourth-order valence-electron chi connectivity index (χ4n) is 1.18. The zero-order chi connectivity index (χ0) is 10.6. The highest BCUT2D eigenvalue weighted by molar-refractivity contribution is 5.71. The summed E-state index contributed by atoms with van der Waals surface area (Å²) < 4.78 is 0. The summed E-state index contributed by atoms with van der Waals surface area (Å²) >= 11 is 0. The molecule has 0 saturated carbocycles. The van der Waals surface area contributed by atoms with Gasteiger partial charge in [0.2, 0.25) is 0 Å². The molecule has 0 aliphatic heterocycles. The van der Waals surface area contributed by atoms with Crippen LogP contribution in [0.2, 0.25) is 0 Å². The predicted molar refractivity (Wildman–Crippen MR) is 53.1 cm³/mol.